The van der Waals surface area contributed by atoms with Crippen LogP contribution in [0.2, 0.25) is 0 Å². The molecule has 668 valence electrons. The number of carbonyl (C=O) groups is 4. The summed E-state index contributed by atoms with van der Waals surface area (Å²) in [6.45, 7) is 52.9. The van der Waals surface area contributed by atoms with Crippen LogP contribution in [0.3, 0.4) is 0 Å². The second-order valence-electron chi connectivity index (χ2n) is 32.8. The van der Waals surface area contributed by atoms with E-state index in [2.05, 4.69) is 279 Å². The topological polar surface area (TPSA) is 173 Å². The van der Waals surface area contributed by atoms with E-state index in [0.717, 1.165) is 122 Å². The molecule has 3 amide bonds. The summed E-state index contributed by atoms with van der Waals surface area (Å²) in [6, 6.07) is 52.4. The number of nitrogen functional groups attached to an aromatic ring is 1. The summed E-state index contributed by atoms with van der Waals surface area (Å²) in [6.07, 6.45) is 12.4. The number of nitrogens with zero attached hydrogens (tertiary/aromatic N) is 5. The van der Waals surface area contributed by atoms with Crippen molar-refractivity contribution < 1.29 is 50.3 Å². The smallest absolute Gasteiger partial charge is 0.276 e. The van der Waals surface area contributed by atoms with Crippen molar-refractivity contribution in [1.29, 1.82) is 0 Å². The van der Waals surface area contributed by atoms with E-state index >= 15 is 0 Å². The number of hydrogen-bond donors (Lipinski definition) is 3. The van der Waals surface area contributed by atoms with Crippen molar-refractivity contribution in [3.05, 3.63) is 406 Å². The number of aryl methyl sites for hydroxylation is 10. The molecule has 1 aliphatic carbocycles. The van der Waals surface area contributed by atoms with Crippen molar-refractivity contribution in [2.24, 2.45) is 0 Å². The first kappa shape index (κ1) is 109. The fourth-order valence-electron chi connectivity index (χ4n) is 15.2. The number of carbonyl (C=O) groups excluding carboxylic acids is 4. The number of nitrogens with one attached hydrogen (secondary N) is 2. The maximum Gasteiger partial charge on any atom is 0.276 e. The number of pyridine rings is 4. The SMILES string of the molecule is CI.Cc1ccc(C(=O)Nc2ccccc2)c(C)c1.Cc1cnc(Br)c(C)c1.Cc1cnc(C(=O)N(C)c2ccccc2)c(CCc2c(C)c(C)c(C)c(C)c2I)c1.Cc1cnc(C(=O)Nc2ccccc2)c(CCc2c(C)c(C)c(C)c(C)c2I)c1.Cc1cnc2c(c1)CCc1c(C)c(C)c(C)c(C)c1C2=O.Nc1ccccc1.[CH2-]c1c(C)c(C)c(C)c(C)c1I.[U]. The van der Waals surface area contributed by atoms with Crippen LogP contribution in [0.15, 0.2) is 193 Å². The Bertz CT molecular complexity index is 5920. The number of benzene rings is 9. The molecule has 0 saturated heterocycles. The molecule has 0 saturated carbocycles. The number of para-hydroxylation sites is 4. The van der Waals surface area contributed by atoms with Gasteiger partial charge in [0.25, 0.3) is 17.7 Å². The second-order valence-corrected chi connectivity index (χ2v) is 36.8. The summed E-state index contributed by atoms with van der Waals surface area (Å²) in [5.74, 6) is -0.192. The number of halogens is 5. The third kappa shape index (κ3) is 28.9. The summed E-state index contributed by atoms with van der Waals surface area (Å²) < 4.78 is 4.92. The van der Waals surface area contributed by atoms with Crippen LogP contribution >= 0.6 is 106 Å². The molecule has 12 nitrogen and oxygen atoms in total. The Morgan fingerprint density at radius 1 is 0.414 bits per heavy atom. The van der Waals surface area contributed by atoms with Gasteiger partial charge in [-0.25, -0.2) is 4.98 Å². The fourth-order valence-corrected chi connectivity index (χ4v) is 18.4. The van der Waals surface area contributed by atoms with Crippen LogP contribution in [0.1, 0.15) is 214 Å². The van der Waals surface area contributed by atoms with Crippen LogP contribution < -0.4 is 21.3 Å². The summed E-state index contributed by atoms with van der Waals surface area (Å²) in [5, 5.41) is 5.84. The van der Waals surface area contributed by atoms with Crippen LogP contribution in [-0.4, -0.2) is 55.4 Å². The average Bonchev–Trinajstić information content (AvgIpc) is 1.53. The zero-order chi connectivity index (χ0) is 94.1. The Morgan fingerprint density at radius 3 is 1.27 bits per heavy atom. The molecule has 18 heteroatoms. The molecular weight excluding hydrogens is 2320 g/mol. The number of aromatic nitrogens is 4. The van der Waals surface area contributed by atoms with E-state index < -0.39 is 0 Å². The third-order valence-electron chi connectivity index (χ3n) is 24.2. The zero-order valence-corrected chi connectivity index (χ0v) is 93.6. The molecule has 0 radical (unpaired) electrons. The number of rotatable bonds is 12. The van der Waals surface area contributed by atoms with Crippen LogP contribution in [0.4, 0.5) is 22.7 Å². The van der Waals surface area contributed by atoms with Crippen LogP contribution in [0, 0.1) is 208 Å². The molecule has 9 aromatic carbocycles. The molecule has 13 aromatic rings. The number of alkyl halides is 1. The normalized spacial score (nSPS) is 10.8. The van der Waals surface area contributed by atoms with Crippen molar-refractivity contribution >= 4 is 153 Å². The van der Waals surface area contributed by atoms with Crippen LogP contribution in [-0.2, 0) is 38.5 Å². The number of nitrogens with two attached hydrogens (primary N) is 1. The minimum absolute atomic E-state index is 0. The van der Waals surface area contributed by atoms with Gasteiger partial charge in [0.2, 0.25) is 5.78 Å². The van der Waals surface area contributed by atoms with Crippen molar-refractivity contribution in [2.75, 3.05) is 33.2 Å². The fraction of sp³-hybridized carbons (Fsp3) is 0.282. The van der Waals surface area contributed by atoms with Gasteiger partial charge in [0.05, 0.1) is 0 Å². The molecule has 14 rings (SSSR count). The van der Waals surface area contributed by atoms with Crippen molar-refractivity contribution in [3.8, 4) is 0 Å². The van der Waals surface area contributed by atoms with Crippen molar-refractivity contribution in [1.82, 2.24) is 19.9 Å². The Balaban J connectivity index is 0.000000240. The van der Waals surface area contributed by atoms with Crippen molar-refractivity contribution in [3.63, 3.8) is 0 Å². The molecule has 0 atom stereocenters. The first-order chi connectivity index (χ1) is 60.1. The van der Waals surface area contributed by atoms with Gasteiger partial charge in [0.1, 0.15) is 21.7 Å². The first-order valence-corrected chi connectivity index (χ1v) is 48.8. The van der Waals surface area contributed by atoms with E-state index in [4.69, 9.17) is 5.73 Å². The molecular formula is C110H124BrI4N8O4U-. The van der Waals surface area contributed by atoms with Gasteiger partial charge >= 0.3 is 0 Å². The average molecular weight is 2450 g/mol. The van der Waals surface area contributed by atoms with E-state index in [-0.39, 0.29) is 54.6 Å². The van der Waals surface area contributed by atoms with Crippen LogP contribution in [0.5, 0.6) is 0 Å². The summed E-state index contributed by atoms with van der Waals surface area (Å²) >= 11 is 12.8. The molecule has 128 heavy (non-hydrogen) atoms. The van der Waals surface area contributed by atoms with Gasteiger partial charge < -0.3 is 21.3 Å². The van der Waals surface area contributed by atoms with Gasteiger partial charge in [-0.1, -0.05) is 173 Å². The molecule has 4 heterocycles. The number of hydrogen-bond acceptors (Lipinski definition) is 9. The molecule has 0 aliphatic heterocycles. The summed E-state index contributed by atoms with van der Waals surface area (Å²) in [4.78, 5) is 72.3. The minimum Gasteiger partial charge on any atom is -0.399 e. The molecule has 0 spiro atoms. The quantitative estimate of drug-likeness (QED) is 0.0354. The van der Waals surface area contributed by atoms with Gasteiger partial charge in [-0.15, -0.1) is 33.7 Å². The standard InChI is InChI=1S/C26H29IN2O.C25H27IN2O.C19H21NO.C15H15NO.C11H14I.C7H8BrN.C6H7N.CH3I.U/c1-16-14-21(12-13-23-19(4)17(2)18(3)20(5)24(23)27)25(28-15-16)26(30)29(6)22-10-8-7-9-11-22;1-15-13-20(11-12-22-18(4)16(2)17(3)19(5)23(22)26)24(27-14-15)25(29)28-21-9-7-6-8-10-21;1-10-8-15-6-7-16-13(4)11(2)12(3)14(5)17(16)19(21)18(15)20-9-10;1-11-8-9-14(12(2)10-11)15(17)16-13-6-4-3-5-7-13;1-6-7(2)9(4)11(12)10(5)8(6)3;1-5-3-6(2)7(8)9-4-5;7-6-4-2-1-3-5-6;1-2;/h7-11,14-15H,12-13H2,1-6H3;6-10,13-14H,11-12H2,1-5H3,(H,28,29);8-9H,6-7H2,1-5H3;3-10H,1-2H3,(H,16,17);4H2,1-3,5H3;3-4H,1-2H3;1-5H,7H2;1H3;/q;;;;-1;;;;. The van der Waals surface area contributed by atoms with Gasteiger partial charge in [0.15, 0.2) is 0 Å². The predicted molar refractivity (Wildman–Crippen MR) is 573 cm³/mol. The summed E-state index contributed by atoms with van der Waals surface area (Å²) in [7, 11) is 1.81. The Kier molecular flexibility index (Phi) is 43.7. The maximum atomic E-state index is 13.2. The molecule has 4 aromatic heterocycles. The minimum atomic E-state index is -0.158. The largest absolute Gasteiger partial charge is 0.399 e. The maximum absolute atomic E-state index is 13.2. The number of anilines is 4. The number of ketones is 1. The molecule has 0 bridgehead atoms. The second kappa shape index (κ2) is 51.6. The van der Waals surface area contributed by atoms with E-state index in [1.54, 1.807) is 23.5 Å². The predicted octanol–water partition coefficient (Wildman–Crippen LogP) is 28.6. The van der Waals surface area contributed by atoms with E-state index in [1.807, 2.05) is 206 Å². The van der Waals surface area contributed by atoms with E-state index in [1.165, 1.54) is 133 Å². The Labute approximate surface area is 850 Å². The Hall–Kier alpha value is -8.22. The van der Waals surface area contributed by atoms with Gasteiger partial charge in [-0.3, -0.25) is 34.1 Å². The van der Waals surface area contributed by atoms with E-state index in [9.17, 15) is 19.2 Å². The Morgan fingerprint density at radius 2 is 0.805 bits per heavy atom. The first-order valence-electron chi connectivity index (χ1n) is 42.6. The van der Waals surface area contributed by atoms with Gasteiger partial charge in [-0.05, 0) is 431 Å². The van der Waals surface area contributed by atoms with Crippen LogP contribution in [0.25, 0.3) is 0 Å². The molecule has 1 aliphatic rings. The van der Waals surface area contributed by atoms with E-state index in [0.29, 0.717) is 17.1 Å². The van der Waals surface area contributed by atoms with Gasteiger partial charge in [-0.2, -0.15) is 12.5 Å². The molecule has 4 N–H and O–H groups in total. The van der Waals surface area contributed by atoms with Gasteiger partial charge in [0, 0.05) is 104 Å². The molecule has 0 unspecified atom stereocenters. The zero-order valence-electron chi connectivity index (χ0n) is 79.2. The number of fused-ring (bicyclic) bond motifs is 2. The number of amides is 3. The molecule has 0 fully saturated rings. The monoisotopic (exact) mass is 2450 g/mol. The third-order valence-corrected chi connectivity index (χ3v) is 29.4. The summed E-state index contributed by atoms with van der Waals surface area (Å²) in [5.41, 5.74) is 49.4. The van der Waals surface area contributed by atoms with Crippen molar-refractivity contribution in [2.45, 2.75) is 198 Å².